The Balaban J connectivity index is 1.87. The molecule has 0 saturated carbocycles. The van der Waals surface area contributed by atoms with Crippen LogP contribution >= 0.6 is 22.9 Å². The first-order chi connectivity index (χ1) is 10.1. The molecule has 21 heavy (non-hydrogen) atoms. The molecule has 1 aromatic carbocycles. The second-order valence-electron chi connectivity index (χ2n) is 4.20. The number of halogens is 2. The van der Waals surface area contributed by atoms with E-state index in [2.05, 4.69) is 10.3 Å². The highest BCUT2D eigenvalue weighted by Crippen LogP contribution is 2.28. The summed E-state index contributed by atoms with van der Waals surface area (Å²) >= 11 is 7.00. The van der Waals surface area contributed by atoms with Crippen molar-refractivity contribution in [2.45, 2.75) is 6.54 Å². The third kappa shape index (κ3) is 2.55. The number of thiazole rings is 1. The number of rotatable bonds is 4. The molecule has 0 saturated heterocycles. The van der Waals surface area contributed by atoms with Crippen molar-refractivity contribution in [2.75, 3.05) is 5.32 Å². The maximum atomic E-state index is 13.1. The summed E-state index contributed by atoms with van der Waals surface area (Å²) in [5, 5.41) is 15.8. The van der Waals surface area contributed by atoms with Crippen LogP contribution in [0.25, 0.3) is 4.96 Å². The smallest absolute Gasteiger partial charge is 0.359 e. The fourth-order valence-corrected chi connectivity index (χ4v) is 2.81. The molecule has 0 atom stereocenters. The van der Waals surface area contributed by atoms with E-state index in [0.29, 0.717) is 10.5 Å². The Morgan fingerprint density at radius 1 is 1.52 bits per heavy atom. The minimum absolute atomic E-state index is 0.00891. The predicted octanol–water partition coefficient (Wildman–Crippen LogP) is 3.71. The number of nitrogens with zero attached hydrogens (tertiary/aromatic N) is 3. The maximum Gasteiger partial charge on any atom is 0.372 e. The lowest BCUT2D eigenvalue weighted by Crippen LogP contribution is -2.03. The van der Waals surface area contributed by atoms with E-state index in [0.717, 1.165) is 0 Å². The van der Waals surface area contributed by atoms with E-state index < -0.39 is 10.7 Å². The Morgan fingerprint density at radius 3 is 3.05 bits per heavy atom. The number of nitrogens with one attached hydrogen (secondary N) is 1. The van der Waals surface area contributed by atoms with Crippen molar-refractivity contribution >= 4 is 39.5 Å². The predicted molar refractivity (Wildman–Crippen MR) is 78.5 cm³/mol. The highest BCUT2D eigenvalue weighted by molar-refractivity contribution is 7.15. The minimum atomic E-state index is -0.506. The Bertz CT molecular complexity index is 832. The lowest BCUT2D eigenvalue weighted by molar-refractivity contribution is -0.389. The van der Waals surface area contributed by atoms with Crippen LogP contribution in [0, 0.1) is 15.9 Å². The van der Waals surface area contributed by atoms with Crippen molar-refractivity contribution < 1.29 is 9.31 Å². The van der Waals surface area contributed by atoms with Gasteiger partial charge in [-0.3, -0.25) is 0 Å². The summed E-state index contributed by atoms with van der Waals surface area (Å²) in [7, 11) is 0. The Hall–Kier alpha value is -2.19. The van der Waals surface area contributed by atoms with Gasteiger partial charge < -0.3 is 15.4 Å². The lowest BCUT2D eigenvalue weighted by Gasteiger charge is -2.04. The zero-order chi connectivity index (χ0) is 15.0. The molecule has 0 aliphatic rings. The van der Waals surface area contributed by atoms with Crippen LogP contribution in [0.15, 0.2) is 29.8 Å². The van der Waals surface area contributed by atoms with E-state index in [1.54, 1.807) is 17.6 Å². The molecule has 3 rings (SSSR count). The molecular weight excluding hydrogens is 319 g/mol. The van der Waals surface area contributed by atoms with Crippen LogP contribution in [0.2, 0.25) is 5.02 Å². The van der Waals surface area contributed by atoms with Crippen LogP contribution < -0.4 is 5.32 Å². The molecule has 0 fully saturated rings. The molecule has 2 aromatic heterocycles. The molecule has 0 aliphatic carbocycles. The number of nitro groups is 1. The molecule has 0 aliphatic heterocycles. The van der Waals surface area contributed by atoms with Crippen LogP contribution in [0.1, 0.15) is 5.56 Å². The van der Waals surface area contributed by atoms with Crippen LogP contribution in [-0.4, -0.2) is 14.3 Å². The summed E-state index contributed by atoms with van der Waals surface area (Å²) < 4.78 is 14.5. The van der Waals surface area contributed by atoms with Crippen LogP contribution in [0.3, 0.4) is 0 Å². The Morgan fingerprint density at radius 2 is 2.33 bits per heavy atom. The summed E-state index contributed by atoms with van der Waals surface area (Å²) in [4.78, 5) is 15.3. The monoisotopic (exact) mass is 326 g/mol. The first-order valence-corrected chi connectivity index (χ1v) is 7.10. The first kappa shape index (κ1) is 13.8. The van der Waals surface area contributed by atoms with Gasteiger partial charge in [-0.05, 0) is 22.6 Å². The molecule has 0 unspecified atom stereocenters. The zero-order valence-corrected chi connectivity index (χ0v) is 12.0. The average Bonchev–Trinajstić information content (AvgIpc) is 2.99. The van der Waals surface area contributed by atoms with Crippen molar-refractivity contribution in [3.63, 3.8) is 0 Å². The zero-order valence-electron chi connectivity index (χ0n) is 10.4. The molecule has 0 spiro atoms. The molecule has 1 N–H and O–H groups in total. The van der Waals surface area contributed by atoms with E-state index in [-0.39, 0.29) is 23.2 Å². The third-order valence-corrected chi connectivity index (χ3v) is 3.90. The topological polar surface area (TPSA) is 72.5 Å². The summed E-state index contributed by atoms with van der Waals surface area (Å²) in [6.07, 6.45) is 1.59. The number of fused-ring (bicyclic) bond motifs is 1. The van der Waals surface area contributed by atoms with E-state index in [9.17, 15) is 14.5 Å². The average molecular weight is 327 g/mol. The molecule has 9 heteroatoms. The van der Waals surface area contributed by atoms with Gasteiger partial charge in [0.15, 0.2) is 0 Å². The van der Waals surface area contributed by atoms with E-state index in [4.69, 9.17) is 11.6 Å². The van der Waals surface area contributed by atoms with Crippen molar-refractivity contribution in [1.29, 1.82) is 0 Å². The van der Waals surface area contributed by atoms with Gasteiger partial charge in [-0.2, -0.15) is 9.38 Å². The van der Waals surface area contributed by atoms with Gasteiger partial charge in [-0.25, -0.2) is 4.39 Å². The van der Waals surface area contributed by atoms with Gasteiger partial charge in [0.2, 0.25) is 5.82 Å². The number of hydrogen-bond acceptors (Lipinski definition) is 5. The lowest BCUT2D eigenvalue weighted by atomic mass is 10.2. The van der Waals surface area contributed by atoms with E-state index >= 15 is 0 Å². The van der Waals surface area contributed by atoms with Crippen molar-refractivity contribution in [3.8, 4) is 0 Å². The van der Waals surface area contributed by atoms with Crippen LogP contribution in [0.5, 0.6) is 0 Å². The molecule has 2 heterocycles. The summed E-state index contributed by atoms with van der Waals surface area (Å²) in [6, 6.07) is 4.27. The Kier molecular flexibility index (Phi) is 3.48. The van der Waals surface area contributed by atoms with E-state index in [1.807, 2.05) is 0 Å². The van der Waals surface area contributed by atoms with Crippen LogP contribution in [0.4, 0.5) is 16.0 Å². The quantitative estimate of drug-likeness (QED) is 0.586. The molecular formula is C12H8ClFN4O2S. The molecule has 0 bridgehead atoms. The molecule has 0 radical (unpaired) electrons. The summed E-state index contributed by atoms with van der Waals surface area (Å²) in [6.45, 7) is 0.256. The number of anilines is 1. The van der Waals surface area contributed by atoms with Gasteiger partial charge in [0.25, 0.3) is 4.96 Å². The van der Waals surface area contributed by atoms with Crippen LogP contribution in [-0.2, 0) is 6.54 Å². The van der Waals surface area contributed by atoms with E-state index in [1.165, 1.54) is 27.9 Å². The number of benzene rings is 1. The first-order valence-electron chi connectivity index (χ1n) is 5.84. The number of imidazole rings is 1. The number of hydrogen-bond donors (Lipinski definition) is 1. The Labute approximate surface area is 127 Å². The van der Waals surface area contributed by atoms with Gasteiger partial charge in [0.1, 0.15) is 12.0 Å². The highest BCUT2D eigenvalue weighted by atomic mass is 35.5. The summed E-state index contributed by atoms with van der Waals surface area (Å²) in [5.41, 5.74) is 0.701. The second-order valence-corrected chi connectivity index (χ2v) is 5.48. The largest absolute Gasteiger partial charge is 0.372 e. The van der Waals surface area contributed by atoms with Gasteiger partial charge in [-0.1, -0.05) is 29.0 Å². The molecule has 3 aromatic rings. The molecule has 6 nitrogen and oxygen atoms in total. The van der Waals surface area contributed by atoms with Gasteiger partial charge in [-0.15, -0.1) is 0 Å². The van der Waals surface area contributed by atoms with Gasteiger partial charge in [0.05, 0.1) is 5.02 Å². The standard InChI is InChI=1S/C12H8ClFN4O2S/c13-8-5-7(1-2-9(8)14)6-15-10-11(18(19)20)17-3-4-21-12(17)16-10/h1-5,15H,6H2. The van der Waals surface area contributed by atoms with Crippen molar-refractivity contribution in [1.82, 2.24) is 9.38 Å². The third-order valence-electron chi connectivity index (χ3n) is 2.85. The van der Waals surface area contributed by atoms with Gasteiger partial charge in [0, 0.05) is 11.9 Å². The second kappa shape index (κ2) is 5.30. The highest BCUT2D eigenvalue weighted by Gasteiger charge is 2.23. The fourth-order valence-electron chi connectivity index (χ4n) is 1.90. The minimum Gasteiger partial charge on any atom is -0.359 e. The maximum absolute atomic E-state index is 13.1. The van der Waals surface area contributed by atoms with Crippen molar-refractivity contribution in [3.05, 3.63) is 56.3 Å². The SMILES string of the molecule is O=[N+]([O-])c1c(NCc2ccc(F)c(Cl)c2)nc2sccn12. The fraction of sp³-hybridized carbons (Fsp3) is 0.0833. The molecule has 108 valence electrons. The normalized spacial score (nSPS) is 11.0. The summed E-state index contributed by atoms with van der Waals surface area (Å²) in [5.74, 6) is -0.458. The van der Waals surface area contributed by atoms with Gasteiger partial charge >= 0.3 is 5.82 Å². The molecule has 0 amide bonds. The number of aromatic nitrogens is 2. The van der Waals surface area contributed by atoms with Crippen molar-refractivity contribution in [2.24, 2.45) is 0 Å².